The third kappa shape index (κ3) is 3.32. The number of halogens is 1. The lowest BCUT2D eigenvalue weighted by Crippen LogP contribution is -2.61. The summed E-state index contributed by atoms with van der Waals surface area (Å²) in [4.78, 5) is 0. The maximum Gasteiger partial charge on any atom is 0.104 e. The number of hydrogen-bond donors (Lipinski definition) is 0. The molecule has 0 saturated carbocycles. The van der Waals surface area contributed by atoms with Gasteiger partial charge in [0.25, 0.3) is 0 Å². The van der Waals surface area contributed by atoms with Gasteiger partial charge < -0.3 is 4.48 Å². The van der Waals surface area contributed by atoms with Crippen molar-refractivity contribution in [3.63, 3.8) is 0 Å². The first kappa shape index (κ1) is 15.2. The Balaban J connectivity index is 1.49. The SMILES string of the molecule is Clc1ccc(C[N+]23CCC(CC2)C(Cc2ccccc2)C3)cc1. The number of piperidine rings is 3. The highest BCUT2D eigenvalue weighted by atomic mass is 35.5. The molecule has 3 aliphatic heterocycles. The lowest BCUT2D eigenvalue weighted by atomic mass is 9.74. The molecule has 2 heteroatoms. The Labute approximate surface area is 144 Å². The lowest BCUT2D eigenvalue weighted by Gasteiger charge is -2.53. The summed E-state index contributed by atoms with van der Waals surface area (Å²) in [6.07, 6.45) is 4.07. The van der Waals surface area contributed by atoms with Crippen molar-refractivity contribution >= 4 is 11.6 Å². The van der Waals surface area contributed by atoms with Crippen LogP contribution in [0.25, 0.3) is 0 Å². The number of rotatable bonds is 4. The zero-order chi connectivity index (χ0) is 15.7. The Morgan fingerprint density at radius 3 is 2.26 bits per heavy atom. The summed E-state index contributed by atoms with van der Waals surface area (Å²) < 4.78 is 1.29. The smallest absolute Gasteiger partial charge is 0.104 e. The maximum atomic E-state index is 6.04. The van der Waals surface area contributed by atoms with Crippen LogP contribution in [0.5, 0.6) is 0 Å². The van der Waals surface area contributed by atoms with Gasteiger partial charge in [0.1, 0.15) is 6.54 Å². The molecule has 23 heavy (non-hydrogen) atoms. The second kappa shape index (κ2) is 6.30. The molecule has 3 aliphatic rings. The highest BCUT2D eigenvalue weighted by Crippen LogP contribution is 2.40. The molecule has 1 nitrogen and oxygen atoms in total. The lowest BCUT2D eigenvalue weighted by molar-refractivity contribution is -0.959. The number of nitrogens with zero attached hydrogens (tertiary/aromatic N) is 1. The molecule has 0 N–H and O–H groups in total. The molecule has 0 aromatic heterocycles. The molecule has 0 radical (unpaired) electrons. The Kier molecular flexibility index (Phi) is 4.17. The number of hydrogen-bond acceptors (Lipinski definition) is 0. The molecule has 2 bridgehead atoms. The minimum Gasteiger partial charge on any atom is -0.320 e. The molecule has 2 aromatic carbocycles. The van der Waals surface area contributed by atoms with Crippen molar-refractivity contribution < 1.29 is 4.48 Å². The standard InChI is InChI=1S/C21H25ClN/c22-21-8-6-18(7-9-21)15-23-12-10-19(11-13-23)20(16-23)14-17-4-2-1-3-5-17/h1-9,19-20H,10-16H2/q+1. The minimum atomic E-state index is 0.841. The Hall–Kier alpha value is -1.31. The number of benzene rings is 2. The maximum absolute atomic E-state index is 6.04. The van der Waals surface area contributed by atoms with E-state index in [1.54, 1.807) is 0 Å². The van der Waals surface area contributed by atoms with Crippen molar-refractivity contribution in [3.8, 4) is 0 Å². The molecule has 120 valence electrons. The fraction of sp³-hybridized carbons (Fsp3) is 0.429. The second-order valence-corrected chi connectivity index (χ2v) is 7.98. The zero-order valence-electron chi connectivity index (χ0n) is 13.6. The predicted octanol–water partition coefficient (Wildman–Crippen LogP) is 4.94. The average molecular weight is 327 g/mol. The zero-order valence-corrected chi connectivity index (χ0v) is 14.4. The predicted molar refractivity (Wildman–Crippen MR) is 96.4 cm³/mol. The molecule has 3 saturated heterocycles. The van der Waals surface area contributed by atoms with Crippen molar-refractivity contribution in [2.45, 2.75) is 25.8 Å². The van der Waals surface area contributed by atoms with Gasteiger partial charge in [-0.25, -0.2) is 0 Å². The van der Waals surface area contributed by atoms with Gasteiger partial charge in [-0.2, -0.15) is 0 Å². The van der Waals surface area contributed by atoms with Crippen LogP contribution in [0.2, 0.25) is 5.02 Å². The van der Waals surface area contributed by atoms with E-state index in [0.29, 0.717) is 0 Å². The molecule has 1 atom stereocenters. The van der Waals surface area contributed by atoms with Crippen LogP contribution in [0.1, 0.15) is 24.0 Å². The van der Waals surface area contributed by atoms with Gasteiger partial charge in [-0.15, -0.1) is 0 Å². The summed E-state index contributed by atoms with van der Waals surface area (Å²) in [5.41, 5.74) is 2.95. The van der Waals surface area contributed by atoms with Gasteiger partial charge in [0.05, 0.1) is 19.6 Å². The van der Waals surface area contributed by atoms with Crippen molar-refractivity contribution in [1.29, 1.82) is 0 Å². The highest BCUT2D eigenvalue weighted by Gasteiger charge is 2.45. The third-order valence-corrected chi connectivity index (χ3v) is 6.26. The average Bonchev–Trinajstić information content (AvgIpc) is 2.59. The van der Waals surface area contributed by atoms with Gasteiger partial charge >= 0.3 is 0 Å². The van der Waals surface area contributed by atoms with E-state index in [9.17, 15) is 0 Å². The van der Waals surface area contributed by atoms with Gasteiger partial charge in [-0.3, -0.25) is 0 Å². The highest BCUT2D eigenvalue weighted by molar-refractivity contribution is 6.30. The normalized spacial score (nSPS) is 29.6. The summed E-state index contributed by atoms with van der Waals surface area (Å²) >= 11 is 6.04. The number of quaternary nitrogens is 1. The molecule has 0 amide bonds. The molecule has 3 fully saturated rings. The molecule has 0 aliphatic carbocycles. The molecule has 1 unspecified atom stereocenters. The fourth-order valence-corrected chi connectivity index (χ4v) is 4.91. The molecular formula is C21H25ClN+. The third-order valence-electron chi connectivity index (χ3n) is 6.01. The van der Waals surface area contributed by atoms with Gasteiger partial charge in [-0.1, -0.05) is 54.1 Å². The van der Waals surface area contributed by atoms with E-state index in [-0.39, 0.29) is 0 Å². The van der Waals surface area contributed by atoms with Crippen LogP contribution < -0.4 is 0 Å². The molecule has 3 heterocycles. The summed E-state index contributed by atoms with van der Waals surface area (Å²) in [5.74, 6) is 1.80. The van der Waals surface area contributed by atoms with Crippen molar-refractivity contribution in [2.24, 2.45) is 11.8 Å². The van der Waals surface area contributed by atoms with Crippen LogP contribution in [0.15, 0.2) is 54.6 Å². The van der Waals surface area contributed by atoms with Crippen molar-refractivity contribution in [2.75, 3.05) is 19.6 Å². The van der Waals surface area contributed by atoms with E-state index in [4.69, 9.17) is 11.6 Å². The topological polar surface area (TPSA) is 0 Å². The quantitative estimate of drug-likeness (QED) is 0.698. The van der Waals surface area contributed by atoms with Gasteiger partial charge in [0.2, 0.25) is 0 Å². The summed E-state index contributed by atoms with van der Waals surface area (Å²) in [5, 5.41) is 0.841. The molecule has 5 rings (SSSR count). The summed E-state index contributed by atoms with van der Waals surface area (Å²) in [6.45, 7) is 5.24. The molecule has 2 aromatic rings. The Morgan fingerprint density at radius 2 is 1.57 bits per heavy atom. The minimum absolute atomic E-state index is 0.841. The van der Waals surface area contributed by atoms with Crippen LogP contribution in [-0.2, 0) is 13.0 Å². The summed E-state index contributed by atoms with van der Waals surface area (Å²) in [7, 11) is 0. The van der Waals surface area contributed by atoms with E-state index in [1.807, 2.05) is 12.1 Å². The monoisotopic (exact) mass is 326 g/mol. The van der Waals surface area contributed by atoms with E-state index in [0.717, 1.165) is 16.9 Å². The first-order valence-electron chi connectivity index (χ1n) is 8.86. The van der Waals surface area contributed by atoms with Crippen molar-refractivity contribution in [1.82, 2.24) is 0 Å². The first-order valence-corrected chi connectivity index (χ1v) is 9.24. The van der Waals surface area contributed by atoms with E-state index >= 15 is 0 Å². The van der Waals surface area contributed by atoms with Crippen LogP contribution in [0.4, 0.5) is 0 Å². The number of fused-ring (bicyclic) bond motifs is 3. The summed E-state index contributed by atoms with van der Waals surface area (Å²) in [6, 6.07) is 19.5. The molecular weight excluding hydrogens is 302 g/mol. The van der Waals surface area contributed by atoms with E-state index < -0.39 is 0 Å². The van der Waals surface area contributed by atoms with Gasteiger partial charge in [0, 0.05) is 29.3 Å². The Morgan fingerprint density at radius 1 is 0.870 bits per heavy atom. The van der Waals surface area contributed by atoms with E-state index in [2.05, 4.69) is 42.5 Å². The second-order valence-electron chi connectivity index (χ2n) is 7.54. The molecule has 0 spiro atoms. The van der Waals surface area contributed by atoms with Gasteiger partial charge in [-0.05, 0) is 30.0 Å². The van der Waals surface area contributed by atoms with Crippen LogP contribution in [-0.4, -0.2) is 24.1 Å². The first-order chi connectivity index (χ1) is 11.2. The fourth-order valence-electron chi connectivity index (χ4n) is 4.78. The van der Waals surface area contributed by atoms with Crippen LogP contribution in [0.3, 0.4) is 0 Å². The van der Waals surface area contributed by atoms with E-state index in [1.165, 1.54) is 61.1 Å². The van der Waals surface area contributed by atoms with Crippen LogP contribution in [0, 0.1) is 11.8 Å². The van der Waals surface area contributed by atoms with Gasteiger partial charge in [0.15, 0.2) is 0 Å². The largest absolute Gasteiger partial charge is 0.320 e. The van der Waals surface area contributed by atoms with Crippen LogP contribution >= 0.6 is 11.6 Å². The van der Waals surface area contributed by atoms with Crippen molar-refractivity contribution in [3.05, 3.63) is 70.7 Å². The Bertz CT molecular complexity index is 641.